The van der Waals surface area contributed by atoms with Crippen LogP contribution in [0, 0.1) is 23.2 Å². The molecule has 2 amide bonds. The van der Waals surface area contributed by atoms with Gasteiger partial charge < -0.3 is 4.74 Å². The quantitative estimate of drug-likeness (QED) is 0.794. The smallest absolute Gasteiger partial charge is 0.269 e. The van der Waals surface area contributed by atoms with Crippen molar-refractivity contribution in [3.63, 3.8) is 0 Å². The van der Waals surface area contributed by atoms with E-state index in [-0.39, 0.29) is 17.2 Å². The summed E-state index contributed by atoms with van der Waals surface area (Å²) >= 11 is 0. The summed E-state index contributed by atoms with van der Waals surface area (Å²) in [6.45, 7) is 2.71. The molecule has 5 heteroatoms. The zero-order valence-corrected chi connectivity index (χ0v) is 15.4. The van der Waals surface area contributed by atoms with Crippen LogP contribution < -0.4 is 15.6 Å². The van der Waals surface area contributed by atoms with Gasteiger partial charge in [0.2, 0.25) is 5.91 Å². The van der Waals surface area contributed by atoms with E-state index in [0.29, 0.717) is 29.9 Å². The van der Waals surface area contributed by atoms with E-state index in [0.717, 1.165) is 31.4 Å². The van der Waals surface area contributed by atoms with Crippen molar-refractivity contribution in [1.29, 1.82) is 0 Å². The molecule has 2 N–H and O–H groups in total. The summed E-state index contributed by atoms with van der Waals surface area (Å²) < 4.78 is 5.52. The number of carbonyl (C=O) groups is 2. The van der Waals surface area contributed by atoms with Crippen LogP contribution in [-0.4, -0.2) is 18.4 Å². The van der Waals surface area contributed by atoms with Crippen molar-refractivity contribution in [2.45, 2.75) is 51.9 Å². The monoisotopic (exact) mass is 356 g/mol. The number of hydrogen-bond donors (Lipinski definition) is 2. The molecule has 1 aromatic rings. The first kappa shape index (κ1) is 17.4. The Balaban J connectivity index is 1.33. The fraction of sp³-hybridized carbons (Fsp3) is 0.619. The van der Waals surface area contributed by atoms with Crippen LogP contribution in [0.2, 0.25) is 0 Å². The molecule has 5 nitrogen and oxygen atoms in total. The van der Waals surface area contributed by atoms with Gasteiger partial charge in [-0.3, -0.25) is 20.4 Å². The molecule has 0 heterocycles. The van der Waals surface area contributed by atoms with Crippen LogP contribution in [0.15, 0.2) is 24.3 Å². The first-order chi connectivity index (χ1) is 12.6. The molecule has 4 fully saturated rings. The molecule has 0 aliphatic heterocycles. The molecule has 4 saturated carbocycles. The second-order valence-corrected chi connectivity index (χ2v) is 8.48. The largest absolute Gasteiger partial charge is 0.494 e. The van der Waals surface area contributed by atoms with Gasteiger partial charge in [0, 0.05) is 5.56 Å². The van der Waals surface area contributed by atoms with Crippen molar-refractivity contribution < 1.29 is 14.3 Å². The molecule has 1 aromatic carbocycles. The van der Waals surface area contributed by atoms with E-state index in [2.05, 4.69) is 10.9 Å². The normalized spacial score (nSPS) is 31.5. The Morgan fingerprint density at radius 2 is 1.58 bits per heavy atom. The SMILES string of the molecule is CCCOc1ccc(C(=O)NNC(=O)C23CC4CC(CC(C4)C2)C3)cc1. The first-order valence-electron chi connectivity index (χ1n) is 9.91. The predicted molar refractivity (Wildman–Crippen MR) is 98.4 cm³/mol. The highest BCUT2D eigenvalue weighted by Crippen LogP contribution is 2.60. The van der Waals surface area contributed by atoms with Crippen molar-refractivity contribution in [1.82, 2.24) is 10.9 Å². The van der Waals surface area contributed by atoms with Gasteiger partial charge in [-0.15, -0.1) is 0 Å². The number of hydrazine groups is 1. The molecule has 0 aromatic heterocycles. The van der Waals surface area contributed by atoms with E-state index in [1.807, 2.05) is 6.92 Å². The average molecular weight is 356 g/mol. The topological polar surface area (TPSA) is 67.4 Å². The maximum Gasteiger partial charge on any atom is 0.269 e. The van der Waals surface area contributed by atoms with Gasteiger partial charge in [0.05, 0.1) is 12.0 Å². The number of nitrogens with one attached hydrogen (secondary N) is 2. The summed E-state index contributed by atoms with van der Waals surface area (Å²) in [4.78, 5) is 25.2. The highest BCUT2D eigenvalue weighted by molar-refractivity contribution is 5.96. The average Bonchev–Trinajstić information content (AvgIpc) is 2.63. The minimum Gasteiger partial charge on any atom is -0.494 e. The Hall–Kier alpha value is -2.04. The fourth-order valence-electron chi connectivity index (χ4n) is 5.63. The standard InChI is InChI=1S/C21H28N2O3/c1-2-7-26-18-5-3-17(4-6-18)19(24)22-23-20(25)21-11-14-8-15(12-21)10-16(9-14)13-21/h3-6,14-16H,2,7-13H2,1H3,(H,22,24)(H,23,25). The van der Waals surface area contributed by atoms with E-state index in [4.69, 9.17) is 4.74 Å². The van der Waals surface area contributed by atoms with Crippen LogP contribution in [0.1, 0.15) is 62.2 Å². The van der Waals surface area contributed by atoms with E-state index >= 15 is 0 Å². The van der Waals surface area contributed by atoms with Crippen LogP contribution in [0.3, 0.4) is 0 Å². The lowest BCUT2D eigenvalue weighted by molar-refractivity contribution is -0.147. The molecule has 140 valence electrons. The lowest BCUT2D eigenvalue weighted by Crippen LogP contribution is -2.56. The number of carbonyl (C=O) groups excluding carboxylic acids is 2. The summed E-state index contributed by atoms with van der Waals surface area (Å²) in [5, 5.41) is 0. The molecule has 4 bridgehead atoms. The maximum absolute atomic E-state index is 12.9. The summed E-state index contributed by atoms with van der Waals surface area (Å²) in [6, 6.07) is 7.01. The number of hydrogen-bond acceptors (Lipinski definition) is 3. The zero-order chi connectivity index (χ0) is 18.1. The minimum absolute atomic E-state index is 0.00727. The number of rotatable bonds is 5. The highest BCUT2D eigenvalue weighted by Gasteiger charge is 2.54. The van der Waals surface area contributed by atoms with Gasteiger partial charge in [-0.1, -0.05) is 6.92 Å². The van der Waals surface area contributed by atoms with Crippen molar-refractivity contribution in [2.75, 3.05) is 6.61 Å². The van der Waals surface area contributed by atoms with Gasteiger partial charge in [0.15, 0.2) is 0 Å². The number of ether oxygens (including phenoxy) is 1. The highest BCUT2D eigenvalue weighted by atomic mass is 16.5. The summed E-state index contributed by atoms with van der Waals surface area (Å²) in [5.74, 6) is 2.59. The van der Waals surface area contributed by atoms with Gasteiger partial charge in [-0.05, 0) is 87.0 Å². The van der Waals surface area contributed by atoms with E-state index in [1.54, 1.807) is 24.3 Å². The Morgan fingerprint density at radius 3 is 2.12 bits per heavy atom. The third-order valence-corrected chi connectivity index (χ3v) is 6.40. The van der Waals surface area contributed by atoms with E-state index < -0.39 is 0 Å². The molecule has 0 unspecified atom stereocenters. The summed E-state index contributed by atoms with van der Waals surface area (Å²) in [6.07, 6.45) is 7.80. The Bertz CT molecular complexity index is 648. The van der Waals surface area contributed by atoms with E-state index in [1.165, 1.54) is 19.3 Å². The number of amides is 2. The molecule has 0 spiro atoms. The summed E-state index contributed by atoms with van der Waals surface area (Å²) in [5.41, 5.74) is 5.59. The zero-order valence-electron chi connectivity index (χ0n) is 15.4. The van der Waals surface area contributed by atoms with Crippen LogP contribution in [0.5, 0.6) is 5.75 Å². The van der Waals surface area contributed by atoms with Gasteiger partial charge >= 0.3 is 0 Å². The number of benzene rings is 1. The molecule has 4 aliphatic carbocycles. The molecule has 4 aliphatic rings. The van der Waals surface area contributed by atoms with Crippen molar-refractivity contribution in [2.24, 2.45) is 23.2 Å². The van der Waals surface area contributed by atoms with Gasteiger partial charge in [-0.25, -0.2) is 0 Å². The Labute approximate surface area is 154 Å². The third kappa shape index (κ3) is 3.31. The fourth-order valence-corrected chi connectivity index (χ4v) is 5.63. The van der Waals surface area contributed by atoms with Crippen molar-refractivity contribution in [3.05, 3.63) is 29.8 Å². The Morgan fingerprint density at radius 1 is 1.00 bits per heavy atom. The molecular formula is C21H28N2O3. The second-order valence-electron chi connectivity index (χ2n) is 8.48. The minimum atomic E-state index is -0.287. The van der Waals surface area contributed by atoms with Gasteiger partial charge in [-0.2, -0.15) is 0 Å². The van der Waals surface area contributed by atoms with Crippen molar-refractivity contribution in [3.8, 4) is 5.75 Å². The van der Waals surface area contributed by atoms with Gasteiger partial charge in [0.1, 0.15) is 5.75 Å². The molecule has 5 rings (SSSR count). The molecule has 0 radical (unpaired) electrons. The second kappa shape index (κ2) is 6.93. The summed E-state index contributed by atoms with van der Waals surface area (Å²) in [7, 11) is 0. The maximum atomic E-state index is 12.9. The predicted octanol–water partition coefficient (Wildman–Crippen LogP) is 3.45. The molecular weight excluding hydrogens is 328 g/mol. The van der Waals surface area contributed by atoms with Crippen LogP contribution >= 0.6 is 0 Å². The van der Waals surface area contributed by atoms with Crippen molar-refractivity contribution >= 4 is 11.8 Å². The first-order valence-corrected chi connectivity index (χ1v) is 9.91. The van der Waals surface area contributed by atoms with Crippen LogP contribution in [0.4, 0.5) is 0 Å². The third-order valence-electron chi connectivity index (χ3n) is 6.40. The Kier molecular flexibility index (Phi) is 4.63. The molecule has 26 heavy (non-hydrogen) atoms. The van der Waals surface area contributed by atoms with E-state index in [9.17, 15) is 9.59 Å². The molecule has 0 saturated heterocycles. The lowest BCUT2D eigenvalue weighted by atomic mass is 9.49. The van der Waals surface area contributed by atoms with Crippen LogP contribution in [0.25, 0.3) is 0 Å². The lowest BCUT2D eigenvalue weighted by Gasteiger charge is -2.55. The van der Waals surface area contributed by atoms with Gasteiger partial charge in [0.25, 0.3) is 5.91 Å². The van der Waals surface area contributed by atoms with Crippen LogP contribution in [-0.2, 0) is 4.79 Å². The molecule has 0 atom stereocenters.